The monoisotopic (exact) mass is 262 g/mol. The molecule has 18 heavy (non-hydrogen) atoms. The first-order chi connectivity index (χ1) is 8.77. The number of ether oxygens (including phenoxy) is 3. The number of carbonyl (C=O) groups excluding carboxylic acids is 1. The second-order valence-electron chi connectivity index (χ2n) is 4.20. The molecule has 2 unspecified atom stereocenters. The van der Waals surface area contributed by atoms with Gasteiger partial charge in [-0.25, -0.2) is 0 Å². The summed E-state index contributed by atoms with van der Waals surface area (Å²) in [5.41, 5.74) is 0. The predicted molar refractivity (Wildman–Crippen MR) is 63.1 cm³/mol. The number of hydrogen-bond donors (Lipinski definition) is 2. The van der Waals surface area contributed by atoms with Gasteiger partial charge in [-0.1, -0.05) is 0 Å². The fraction of sp³-hybridized carbons (Fsp3) is 0.917. The molecule has 0 spiro atoms. The van der Waals surface area contributed by atoms with Gasteiger partial charge in [-0.05, 0) is 19.3 Å². The third-order valence-corrected chi connectivity index (χ3v) is 2.79. The van der Waals surface area contributed by atoms with E-state index in [1.54, 1.807) is 0 Å². The number of cyclic esters (lactones) is 1. The van der Waals surface area contributed by atoms with Gasteiger partial charge in [0.2, 0.25) is 0 Å². The Kier molecular flexibility index (Phi) is 7.91. The van der Waals surface area contributed by atoms with Gasteiger partial charge in [0.1, 0.15) is 12.2 Å². The van der Waals surface area contributed by atoms with Crippen LogP contribution in [0.1, 0.15) is 25.7 Å². The Morgan fingerprint density at radius 3 is 2.83 bits per heavy atom. The third-order valence-electron chi connectivity index (χ3n) is 2.79. The molecule has 106 valence electrons. The van der Waals surface area contributed by atoms with Crippen LogP contribution >= 0.6 is 0 Å². The molecule has 0 aromatic heterocycles. The van der Waals surface area contributed by atoms with E-state index < -0.39 is 6.10 Å². The van der Waals surface area contributed by atoms with Gasteiger partial charge < -0.3 is 24.4 Å². The Morgan fingerprint density at radius 1 is 1.28 bits per heavy atom. The molecule has 0 bridgehead atoms. The first-order valence-corrected chi connectivity index (χ1v) is 6.38. The van der Waals surface area contributed by atoms with Gasteiger partial charge in [0.05, 0.1) is 33.0 Å². The van der Waals surface area contributed by atoms with Gasteiger partial charge in [-0.2, -0.15) is 0 Å². The van der Waals surface area contributed by atoms with Crippen molar-refractivity contribution in [2.75, 3.05) is 33.0 Å². The Labute approximate surface area is 107 Å². The molecule has 1 rings (SSSR count). The van der Waals surface area contributed by atoms with E-state index in [-0.39, 0.29) is 31.9 Å². The van der Waals surface area contributed by atoms with E-state index in [4.69, 9.17) is 19.3 Å². The average Bonchev–Trinajstić information content (AvgIpc) is 2.58. The normalized spacial score (nSPS) is 22.3. The van der Waals surface area contributed by atoms with Crippen LogP contribution in [0, 0.1) is 0 Å². The first kappa shape index (κ1) is 15.4. The van der Waals surface area contributed by atoms with Gasteiger partial charge in [0, 0.05) is 6.42 Å². The standard InChI is InChI=1S/C12H22O6/c13-5-6-16-7-8-17-11(9-14)10-3-1-2-4-12(15)18-10/h10-11,13-14H,1-9H2. The van der Waals surface area contributed by atoms with Crippen molar-refractivity contribution in [2.45, 2.75) is 37.9 Å². The lowest BCUT2D eigenvalue weighted by Crippen LogP contribution is -2.36. The molecule has 1 aliphatic heterocycles. The average molecular weight is 262 g/mol. The Bertz CT molecular complexity index is 233. The lowest BCUT2D eigenvalue weighted by molar-refractivity contribution is -0.159. The highest BCUT2D eigenvalue weighted by molar-refractivity contribution is 5.69. The summed E-state index contributed by atoms with van der Waals surface area (Å²) in [6.45, 7) is 0.712. The predicted octanol–water partition coefficient (Wildman–Crippen LogP) is -0.141. The molecule has 0 aromatic rings. The van der Waals surface area contributed by atoms with Crippen LogP contribution in [-0.2, 0) is 19.0 Å². The molecule has 1 aliphatic rings. The van der Waals surface area contributed by atoms with Crippen LogP contribution in [-0.4, -0.2) is 61.4 Å². The van der Waals surface area contributed by atoms with E-state index >= 15 is 0 Å². The van der Waals surface area contributed by atoms with Crippen molar-refractivity contribution in [3.8, 4) is 0 Å². The SMILES string of the molecule is O=C1CCCCC(C(CO)OCCOCCO)O1. The van der Waals surface area contributed by atoms with Crippen molar-refractivity contribution >= 4 is 5.97 Å². The van der Waals surface area contributed by atoms with Gasteiger partial charge in [-0.3, -0.25) is 4.79 Å². The van der Waals surface area contributed by atoms with E-state index in [2.05, 4.69) is 0 Å². The summed E-state index contributed by atoms with van der Waals surface area (Å²) in [4.78, 5) is 11.3. The molecule has 1 saturated heterocycles. The lowest BCUT2D eigenvalue weighted by Gasteiger charge is -2.24. The van der Waals surface area contributed by atoms with Gasteiger partial charge in [0.25, 0.3) is 0 Å². The second kappa shape index (κ2) is 9.27. The van der Waals surface area contributed by atoms with Crippen LogP contribution < -0.4 is 0 Å². The van der Waals surface area contributed by atoms with Crippen molar-refractivity contribution in [1.82, 2.24) is 0 Å². The van der Waals surface area contributed by atoms with Crippen molar-refractivity contribution in [3.63, 3.8) is 0 Å². The quantitative estimate of drug-likeness (QED) is 0.468. The Hall–Kier alpha value is -0.690. The van der Waals surface area contributed by atoms with Crippen LogP contribution in [0.15, 0.2) is 0 Å². The highest BCUT2D eigenvalue weighted by Gasteiger charge is 2.27. The number of aliphatic hydroxyl groups is 2. The minimum absolute atomic E-state index is 0.0241. The summed E-state index contributed by atoms with van der Waals surface area (Å²) in [6, 6.07) is 0. The zero-order chi connectivity index (χ0) is 13.2. The highest BCUT2D eigenvalue weighted by atomic mass is 16.6. The molecule has 2 atom stereocenters. The summed E-state index contributed by atoms with van der Waals surface area (Å²) in [5.74, 6) is -0.226. The van der Waals surface area contributed by atoms with Crippen LogP contribution in [0.2, 0.25) is 0 Å². The molecule has 0 aromatic carbocycles. The van der Waals surface area contributed by atoms with Gasteiger partial charge >= 0.3 is 5.97 Å². The topological polar surface area (TPSA) is 85.2 Å². The summed E-state index contributed by atoms with van der Waals surface area (Å²) < 4.78 is 15.7. The maximum absolute atomic E-state index is 11.3. The zero-order valence-electron chi connectivity index (χ0n) is 10.5. The van der Waals surface area contributed by atoms with Crippen molar-refractivity contribution in [2.24, 2.45) is 0 Å². The van der Waals surface area contributed by atoms with Crippen LogP contribution in [0.5, 0.6) is 0 Å². The van der Waals surface area contributed by atoms with E-state index in [0.29, 0.717) is 26.1 Å². The fourth-order valence-corrected chi connectivity index (χ4v) is 1.87. The fourth-order valence-electron chi connectivity index (χ4n) is 1.87. The maximum atomic E-state index is 11.3. The lowest BCUT2D eigenvalue weighted by atomic mass is 10.1. The second-order valence-corrected chi connectivity index (χ2v) is 4.20. The van der Waals surface area contributed by atoms with Crippen LogP contribution in [0.4, 0.5) is 0 Å². The summed E-state index contributed by atoms with van der Waals surface area (Å²) in [5, 5.41) is 17.8. The molecular weight excluding hydrogens is 240 g/mol. The number of hydrogen-bond acceptors (Lipinski definition) is 6. The molecule has 0 aliphatic carbocycles. The van der Waals surface area contributed by atoms with Crippen molar-refractivity contribution in [3.05, 3.63) is 0 Å². The largest absolute Gasteiger partial charge is 0.459 e. The van der Waals surface area contributed by atoms with Gasteiger partial charge in [0.15, 0.2) is 0 Å². The smallest absolute Gasteiger partial charge is 0.306 e. The molecule has 1 heterocycles. The van der Waals surface area contributed by atoms with E-state index in [1.165, 1.54) is 0 Å². The molecular formula is C12H22O6. The number of esters is 1. The number of carbonyl (C=O) groups is 1. The van der Waals surface area contributed by atoms with Crippen LogP contribution in [0.25, 0.3) is 0 Å². The molecule has 6 heteroatoms. The minimum Gasteiger partial charge on any atom is -0.459 e. The summed E-state index contributed by atoms with van der Waals surface area (Å²) >= 11 is 0. The summed E-state index contributed by atoms with van der Waals surface area (Å²) in [7, 11) is 0. The maximum Gasteiger partial charge on any atom is 0.306 e. The van der Waals surface area contributed by atoms with E-state index in [9.17, 15) is 9.90 Å². The van der Waals surface area contributed by atoms with Crippen molar-refractivity contribution in [1.29, 1.82) is 0 Å². The van der Waals surface area contributed by atoms with E-state index in [0.717, 1.165) is 12.8 Å². The zero-order valence-corrected chi connectivity index (χ0v) is 10.5. The molecule has 2 N–H and O–H groups in total. The van der Waals surface area contributed by atoms with Crippen molar-refractivity contribution < 1.29 is 29.2 Å². The summed E-state index contributed by atoms with van der Waals surface area (Å²) in [6.07, 6.45) is 2.01. The number of aliphatic hydroxyl groups excluding tert-OH is 2. The molecule has 6 nitrogen and oxygen atoms in total. The first-order valence-electron chi connectivity index (χ1n) is 6.38. The highest BCUT2D eigenvalue weighted by Crippen LogP contribution is 2.18. The van der Waals surface area contributed by atoms with E-state index in [1.807, 2.05) is 0 Å². The number of rotatable bonds is 8. The molecule has 1 fully saturated rings. The van der Waals surface area contributed by atoms with Gasteiger partial charge in [-0.15, -0.1) is 0 Å². The Balaban J connectivity index is 2.27. The third kappa shape index (κ3) is 5.77. The van der Waals surface area contributed by atoms with Crippen LogP contribution in [0.3, 0.4) is 0 Å². The minimum atomic E-state index is -0.496. The Morgan fingerprint density at radius 2 is 2.11 bits per heavy atom. The molecule has 0 saturated carbocycles. The molecule has 0 amide bonds. The molecule has 0 radical (unpaired) electrons.